The molecular formula is C27H21Cl2N3O5. The maximum atomic E-state index is 12.6. The second kappa shape index (κ2) is 12.6. The predicted molar refractivity (Wildman–Crippen MR) is 142 cm³/mol. The normalized spacial score (nSPS) is 10.7. The van der Waals surface area contributed by atoms with Crippen LogP contribution in [0.25, 0.3) is 6.08 Å². The Morgan fingerprint density at radius 3 is 2.08 bits per heavy atom. The van der Waals surface area contributed by atoms with Crippen LogP contribution in [-0.4, -0.2) is 31.5 Å². The van der Waals surface area contributed by atoms with E-state index in [1.54, 1.807) is 12.1 Å². The first-order valence-electron chi connectivity index (χ1n) is 10.8. The maximum Gasteiger partial charge on any atom is 0.337 e. The Morgan fingerprint density at radius 2 is 1.51 bits per heavy atom. The molecule has 37 heavy (non-hydrogen) atoms. The second-order valence-corrected chi connectivity index (χ2v) is 8.52. The fourth-order valence-corrected chi connectivity index (χ4v) is 3.71. The molecule has 0 bridgehead atoms. The van der Waals surface area contributed by atoms with E-state index in [-0.39, 0.29) is 28.0 Å². The van der Waals surface area contributed by atoms with Crippen molar-refractivity contribution in [1.29, 1.82) is 5.26 Å². The molecule has 0 fully saturated rings. The van der Waals surface area contributed by atoms with E-state index in [1.807, 2.05) is 25.1 Å². The monoisotopic (exact) mass is 537 g/mol. The van der Waals surface area contributed by atoms with Gasteiger partial charge in [-0.05, 0) is 67.1 Å². The predicted octanol–water partition coefficient (Wildman–Crippen LogP) is 5.65. The van der Waals surface area contributed by atoms with E-state index in [9.17, 15) is 19.6 Å². The molecular weight excluding hydrogens is 517 g/mol. The number of nitriles is 1. The lowest BCUT2D eigenvalue weighted by molar-refractivity contribution is -0.118. The minimum absolute atomic E-state index is 0.0909. The number of halogens is 2. The summed E-state index contributed by atoms with van der Waals surface area (Å²) in [6, 6.07) is 18.0. The standard InChI is InChI=1S/C27H21Cl2N3O5/c1-16-3-7-20(8-4-16)31-24(33)15-37-25-22(28)12-17(13-23(25)29)11-19(14-30)26(34)32-21-9-5-18(6-10-21)27(35)36-2/h3-13H,15H2,1-2H3,(H,31,33)(H,32,34)/b19-11+. The average molecular weight is 538 g/mol. The van der Waals surface area contributed by atoms with E-state index in [1.165, 1.54) is 49.6 Å². The van der Waals surface area contributed by atoms with Gasteiger partial charge < -0.3 is 20.1 Å². The fraction of sp³-hybridized carbons (Fsp3) is 0.111. The third-order valence-electron chi connectivity index (χ3n) is 4.94. The Morgan fingerprint density at radius 1 is 0.946 bits per heavy atom. The Bertz CT molecular complexity index is 1370. The number of benzene rings is 3. The van der Waals surface area contributed by atoms with E-state index in [4.69, 9.17) is 27.9 Å². The Hall–Kier alpha value is -4.32. The summed E-state index contributed by atoms with van der Waals surface area (Å²) in [6.07, 6.45) is 1.31. The third-order valence-corrected chi connectivity index (χ3v) is 5.50. The van der Waals surface area contributed by atoms with Gasteiger partial charge in [-0.2, -0.15) is 5.26 Å². The summed E-state index contributed by atoms with van der Waals surface area (Å²) in [6.45, 7) is 1.61. The van der Waals surface area contributed by atoms with Crippen LogP contribution in [-0.2, 0) is 14.3 Å². The second-order valence-electron chi connectivity index (χ2n) is 7.71. The summed E-state index contributed by atoms with van der Waals surface area (Å²) in [4.78, 5) is 36.3. The molecule has 3 aromatic carbocycles. The van der Waals surface area contributed by atoms with Crippen LogP contribution in [0, 0.1) is 18.3 Å². The minimum atomic E-state index is -0.673. The number of hydrogen-bond acceptors (Lipinski definition) is 6. The number of carbonyl (C=O) groups excluding carboxylic acids is 3. The third kappa shape index (κ3) is 7.58. The molecule has 0 aliphatic heterocycles. The summed E-state index contributed by atoms with van der Waals surface area (Å²) in [5.74, 6) is -1.49. The van der Waals surface area contributed by atoms with Gasteiger partial charge in [-0.1, -0.05) is 40.9 Å². The first kappa shape index (κ1) is 27.3. The van der Waals surface area contributed by atoms with Crippen LogP contribution in [0.5, 0.6) is 5.75 Å². The summed E-state index contributed by atoms with van der Waals surface area (Å²) in [7, 11) is 1.27. The highest BCUT2D eigenvalue weighted by atomic mass is 35.5. The molecule has 0 saturated heterocycles. The highest BCUT2D eigenvalue weighted by Crippen LogP contribution is 2.35. The van der Waals surface area contributed by atoms with Gasteiger partial charge in [0.2, 0.25) is 0 Å². The lowest BCUT2D eigenvalue weighted by Crippen LogP contribution is -2.20. The van der Waals surface area contributed by atoms with Gasteiger partial charge in [-0.25, -0.2) is 4.79 Å². The number of nitrogens with zero attached hydrogens (tertiary/aromatic N) is 1. The summed E-state index contributed by atoms with van der Waals surface area (Å²) in [5.41, 5.74) is 2.54. The van der Waals surface area contributed by atoms with Crippen LogP contribution in [0.15, 0.2) is 66.2 Å². The molecule has 0 heterocycles. The quantitative estimate of drug-likeness (QED) is 0.217. The average Bonchev–Trinajstić information content (AvgIpc) is 2.88. The largest absolute Gasteiger partial charge is 0.481 e. The highest BCUT2D eigenvalue weighted by Gasteiger charge is 2.15. The zero-order chi connectivity index (χ0) is 26.9. The van der Waals surface area contributed by atoms with Gasteiger partial charge in [0.25, 0.3) is 11.8 Å². The molecule has 0 aliphatic carbocycles. The number of hydrogen-bond donors (Lipinski definition) is 2. The number of amides is 2. The van der Waals surface area contributed by atoms with E-state index >= 15 is 0 Å². The lowest BCUT2D eigenvalue weighted by Gasteiger charge is -2.11. The summed E-state index contributed by atoms with van der Waals surface area (Å²) < 4.78 is 10.1. The minimum Gasteiger partial charge on any atom is -0.481 e. The van der Waals surface area contributed by atoms with Crippen molar-refractivity contribution < 1.29 is 23.9 Å². The van der Waals surface area contributed by atoms with Gasteiger partial charge in [0.15, 0.2) is 12.4 Å². The van der Waals surface area contributed by atoms with Crippen LogP contribution in [0.2, 0.25) is 10.0 Å². The van der Waals surface area contributed by atoms with Gasteiger partial charge in [-0.3, -0.25) is 9.59 Å². The molecule has 0 saturated carbocycles. The van der Waals surface area contributed by atoms with Crippen molar-refractivity contribution in [3.8, 4) is 11.8 Å². The topological polar surface area (TPSA) is 118 Å². The van der Waals surface area contributed by atoms with Crippen LogP contribution in [0.1, 0.15) is 21.5 Å². The molecule has 0 spiro atoms. The number of methoxy groups -OCH3 is 1. The van der Waals surface area contributed by atoms with Gasteiger partial charge >= 0.3 is 5.97 Å². The molecule has 3 aromatic rings. The number of rotatable bonds is 8. The van der Waals surface area contributed by atoms with Crippen LogP contribution >= 0.6 is 23.2 Å². The van der Waals surface area contributed by atoms with Crippen molar-refractivity contribution in [1.82, 2.24) is 0 Å². The number of carbonyl (C=O) groups is 3. The lowest BCUT2D eigenvalue weighted by atomic mass is 10.1. The molecule has 0 aliphatic rings. The molecule has 3 rings (SSSR count). The molecule has 2 amide bonds. The number of ether oxygens (including phenoxy) is 2. The highest BCUT2D eigenvalue weighted by molar-refractivity contribution is 6.37. The van der Waals surface area contributed by atoms with E-state index < -0.39 is 17.8 Å². The summed E-state index contributed by atoms with van der Waals surface area (Å²) >= 11 is 12.6. The molecule has 0 aromatic heterocycles. The number of anilines is 2. The van der Waals surface area contributed by atoms with Crippen molar-refractivity contribution in [2.24, 2.45) is 0 Å². The zero-order valence-electron chi connectivity index (χ0n) is 19.8. The SMILES string of the molecule is COC(=O)c1ccc(NC(=O)/C(C#N)=C/c2cc(Cl)c(OCC(=O)Nc3ccc(C)cc3)c(Cl)c2)cc1. The van der Waals surface area contributed by atoms with E-state index in [2.05, 4.69) is 15.4 Å². The number of esters is 1. The first-order chi connectivity index (χ1) is 17.7. The number of nitrogens with one attached hydrogen (secondary N) is 2. The van der Waals surface area contributed by atoms with Gasteiger partial charge in [-0.15, -0.1) is 0 Å². The Labute approximate surface area is 223 Å². The molecule has 2 N–H and O–H groups in total. The van der Waals surface area contributed by atoms with Gasteiger partial charge in [0, 0.05) is 11.4 Å². The fourth-order valence-electron chi connectivity index (χ4n) is 3.09. The zero-order valence-corrected chi connectivity index (χ0v) is 21.3. The van der Waals surface area contributed by atoms with E-state index in [0.717, 1.165) is 5.56 Å². The van der Waals surface area contributed by atoms with Crippen molar-refractivity contribution in [2.75, 3.05) is 24.4 Å². The van der Waals surface area contributed by atoms with Crippen molar-refractivity contribution in [3.05, 3.63) is 93.0 Å². The Balaban J connectivity index is 1.67. The first-order valence-corrected chi connectivity index (χ1v) is 11.6. The van der Waals surface area contributed by atoms with Crippen LogP contribution in [0.3, 0.4) is 0 Å². The van der Waals surface area contributed by atoms with Crippen molar-refractivity contribution in [2.45, 2.75) is 6.92 Å². The number of aryl methyl sites for hydroxylation is 1. The van der Waals surface area contributed by atoms with Crippen molar-refractivity contribution in [3.63, 3.8) is 0 Å². The van der Waals surface area contributed by atoms with Gasteiger partial charge in [0.05, 0.1) is 22.7 Å². The molecule has 0 radical (unpaired) electrons. The van der Waals surface area contributed by atoms with Crippen LogP contribution in [0.4, 0.5) is 11.4 Å². The van der Waals surface area contributed by atoms with Crippen molar-refractivity contribution >= 4 is 58.4 Å². The molecule has 0 unspecified atom stereocenters. The smallest absolute Gasteiger partial charge is 0.337 e. The molecule has 188 valence electrons. The van der Waals surface area contributed by atoms with Crippen LogP contribution < -0.4 is 15.4 Å². The molecule has 0 atom stereocenters. The van der Waals surface area contributed by atoms with E-state index in [0.29, 0.717) is 22.5 Å². The molecule has 10 heteroatoms. The maximum absolute atomic E-state index is 12.6. The van der Waals surface area contributed by atoms with Gasteiger partial charge in [0.1, 0.15) is 11.6 Å². The summed E-state index contributed by atoms with van der Waals surface area (Å²) in [5, 5.41) is 15.0. The molecule has 8 nitrogen and oxygen atoms in total. The Kier molecular flexibility index (Phi) is 9.27.